The van der Waals surface area contributed by atoms with Crippen LogP contribution in [0.15, 0.2) is 48.5 Å². The van der Waals surface area contributed by atoms with Gasteiger partial charge in [0.05, 0.1) is 6.04 Å². The lowest BCUT2D eigenvalue weighted by molar-refractivity contribution is 0.868. The zero-order chi connectivity index (χ0) is 11.5. The van der Waals surface area contributed by atoms with Gasteiger partial charge in [0.1, 0.15) is 0 Å². The molecule has 16 heavy (non-hydrogen) atoms. The van der Waals surface area contributed by atoms with Crippen molar-refractivity contribution in [2.45, 2.75) is 19.9 Å². The second kappa shape index (κ2) is 4.50. The third-order valence-electron chi connectivity index (χ3n) is 2.76. The maximum atomic E-state index is 6.25. The zero-order valence-corrected chi connectivity index (χ0v) is 9.77. The first-order valence-corrected chi connectivity index (χ1v) is 5.55. The first-order chi connectivity index (χ1) is 7.66. The third kappa shape index (κ3) is 2.31. The van der Waals surface area contributed by atoms with Gasteiger partial charge in [0, 0.05) is 0 Å². The van der Waals surface area contributed by atoms with Gasteiger partial charge in [-0.1, -0.05) is 59.7 Å². The van der Waals surface area contributed by atoms with Crippen molar-refractivity contribution in [3.63, 3.8) is 0 Å². The van der Waals surface area contributed by atoms with Gasteiger partial charge in [-0.05, 0) is 25.0 Å². The molecule has 0 saturated heterocycles. The molecule has 0 aliphatic carbocycles. The molecule has 0 aliphatic rings. The van der Waals surface area contributed by atoms with Crippen LogP contribution in [0.5, 0.6) is 0 Å². The Hall–Kier alpha value is -1.60. The first kappa shape index (κ1) is 10.9. The van der Waals surface area contributed by atoms with E-state index < -0.39 is 0 Å². The Morgan fingerprint density at radius 3 is 1.94 bits per heavy atom. The lowest BCUT2D eigenvalue weighted by atomic mass is 9.96. The van der Waals surface area contributed by atoms with Crippen molar-refractivity contribution >= 4 is 0 Å². The number of hydrogen-bond acceptors (Lipinski definition) is 1. The number of benzene rings is 2. The van der Waals surface area contributed by atoms with Gasteiger partial charge in [-0.2, -0.15) is 0 Å². The van der Waals surface area contributed by atoms with Crippen molar-refractivity contribution in [3.8, 4) is 0 Å². The number of nitrogens with two attached hydrogens (primary N) is 1. The molecular formula is C15H17N. The van der Waals surface area contributed by atoms with Crippen LogP contribution < -0.4 is 5.73 Å². The van der Waals surface area contributed by atoms with Crippen LogP contribution >= 0.6 is 0 Å². The summed E-state index contributed by atoms with van der Waals surface area (Å²) in [5.74, 6) is 0. The molecule has 1 atom stereocenters. The molecule has 0 radical (unpaired) electrons. The summed E-state index contributed by atoms with van der Waals surface area (Å²) in [5.41, 5.74) is 11.1. The summed E-state index contributed by atoms with van der Waals surface area (Å²) in [7, 11) is 0. The van der Waals surface area contributed by atoms with Gasteiger partial charge in [-0.3, -0.25) is 0 Å². The second-order valence-electron chi connectivity index (χ2n) is 4.31. The lowest BCUT2D eigenvalue weighted by Crippen LogP contribution is -2.12. The number of aryl methyl sites for hydroxylation is 2. The summed E-state index contributed by atoms with van der Waals surface area (Å²) in [6.45, 7) is 4.21. The summed E-state index contributed by atoms with van der Waals surface area (Å²) in [5, 5.41) is 0. The van der Waals surface area contributed by atoms with Crippen LogP contribution in [0, 0.1) is 13.8 Å². The first-order valence-electron chi connectivity index (χ1n) is 5.55. The Morgan fingerprint density at radius 1 is 0.812 bits per heavy atom. The molecule has 0 heterocycles. The minimum atomic E-state index is -0.0280. The molecule has 0 fully saturated rings. The van der Waals surface area contributed by atoms with E-state index in [1.165, 1.54) is 16.7 Å². The average molecular weight is 211 g/mol. The largest absolute Gasteiger partial charge is 0.320 e. The molecule has 2 aromatic rings. The van der Waals surface area contributed by atoms with E-state index in [9.17, 15) is 0 Å². The molecule has 2 aromatic carbocycles. The predicted molar refractivity (Wildman–Crippen MR) is 68.4 cm³/mol. The zero-order valence-electron chi connectivity index (χ0n) is 9.77. The van der Waals surface area contributed by atoms with Crippen LogP contribution in [0.2, 0.25) is 0 Å². The molecule has 0 spiro atoms. The normalized spacial score (nSPS) is 12.4. The fourth-order valence-corrected chi connectivity index (χ4v) is 2.04. The van der Waals surface area contributed by atoms with E-state index in [4.69, 9.17) is 5.73 Å². The summed E-state index contributed by atoms with van der Waals surface area (Å²) in [6.07, 6.45) is 0. The van der Waals surface area contributed by atoms with Crippen LogP contribution in [0.1, 0.15) is 28.3 Å². The SMILES string of the molecule is Cc1cc(C)cc(C(N)c2ccccc2)c1. The molecule has 1 heteroatoms. The lowest BCUT2D eigenvalue weighted by Gasteiger charge is -2.14. The second-order valence-corrected chi connectivity index (χ2v) is 4.31. The van der Waals surface area contributed by atoms with Crippen LogP contribution in [0.3, 0.4) is 0 Å². The Balaban J connectivity index is 2.37. The van der Waals surface area contributed by atoms with Gasteiger partial charge in [0.15, 0.2) is 0 Å². The van der Waals surface area contributed by atoms with E-state index >= 15 is 0 Å². The number of rotatable bonds is 2. The highest BCUT2D eigenvalue weighted by molar-refractivity contribution is 5.36. The molecule has 0 bridgehead atoms. The average Bonchev–Trinajstić information content (AvgIpc) is 2.28. The maximum absolute atomic E-state index is 6.25. The van der Waals surface area contributed by atoms with Crippen molar-refractivity contribution in [3.05, 3.63) is 70.8 Å². The molecule has 0 amide bonds. The highest BCUT2D eigenvalue weighted by Gasteiger charge is 2.08. The van der Waals surface area contributed by atoms with Crippen molar-refractivity contribution < 1.29 is 0 Å². The van der Waals surface area contributed by atoms with Gasteiger partial charge >= 0.3 is 0 Å². The van der Waals surface area contributed by atoms with Crippen LogP contribution in [-0.4, -0.2) is 0 Å². The molecule has 0 saturated carbocycles. The van der Waals surface area contributed by atoms with Crippen LogP contribution in [0.4, 0.5) is 0 Å². The summed E-state index contributed by atoms with van der Waals surface area (Å²) in [4.78, 5) is 0. The highest BCUT2D eigenvalue weighted by Crippen LogP contribution is 2.21. The molecule has 1 unspecified atom stereocenters. The quantitative estimate of drug-likeness (QED) is 0.810. The predicted octanol–water partition coefficient (Wildman–Crippen LogP) is 3.35. The Kier molecular flexibility index (Phi) is 3.07. The minimum Gasteiger partial charge on any atom is -0.320 e. The fourth-order valence-electron chi connectivity index (χ4n) is 2.04. The van der Waals surface area contributed by atoms with Gasteiger partial charge in [0.2, 0.25) is 0 Å². The monoisotopic (exact) mass is 211 g/mol. The molecule has 0 aliphatic heterocycles. The van der Waals surface area contributed by atoms with E-state index in [2.05, 4.69) is 44.2 Å². The van der Waals surface area contributed by atoms with E-state index in [-0.39, 0.29) is 6.04 Å². The van der Waals surface area contributed by atoms with E-state index in [0.717, 1.165) is 5.56 Å². The van der Waals surface area contributed by atoms with Crippen LogP contribution in [0.25, 0.3) is 0 Å². The van der Waals surface area contributed by atoms with Gasteiger partial charge in [0.25, 0.3) is 0 Å². The van der Waals surface area contributed by atoms with Crippen molar-refractivity contribution in [2.75, 3.05) is 0 Å². The molecule has 2 rings (SSSR count). The van der Waals surface area contributed by atoms with E-state index in [1.54, 1.807) is 0 Å². The molecule has 82 valence electrons. The molecular weight excluding hydrogens is 194 g/mol. The van der Waals surface area contributed by atoms with Crippen molar-refractivity contribution in [2.24, 2.45) is 5.73 Å². The number of hydrogen-bond donors (Lipinski definition) is 1. The summed E-state index contributed by atoms with van der Waals surface area (Å²) < 4.78 is 0. The summed E-state index contributed by atoms with van der Waals surface area (Å²) in [6, 6.07) is 16.7. The smallest absolute Gasteiger partial charge is 0.0551 e. The Bertz CT molecular complexity index is 454. The molecule has 2 N–H and O–H groups in total. The molecule has 1 nitrogen and oxygen atoms in total. The highest BCUT2D eigenvalue weighted by atomic mass is 14.6. The van der Waals surface area contributed by atoms with Gasteiger partial charge in [-0.15, -0.1) is 0 Å². The van der Waals surface area contributed by atoms with Gasteiger partial charge < -0.3 is 5.73 Å². The third-order valence-corrected chi connectivity index (χ3v) is 2.76. The fraction of sp³-hybridized carbons (Fsp3) is 0.200. The topological polar surface area (TPSA) is 26.0 Å². The Labute approximate surface area is 96.9 Å². The standard InChI is InChI=1S/C15H17N/c1-11-8-12(2)10-14(9-11)15(16)13-6-4-3-5-7-13/h3-10,15H,16H2,1-2H3. The van der Waals surface area contributed by atoms with E-state index in [0.29, 0.717) is 0 Å². The Morgan fingerprint density at radius 2 is 1.38 bits per heavy atom. The van der Waals surface area contributed by atoms with Crippen LogP contribution in [-0.2, 0) is 0 Å². The molecule has 0 aromatic heterocycles. The summed E-state index contributed by atoms with van der Waals surface area (Å²) >= 11 is 0. The van der Waals surface area contributed by atoms with E-state index in [1.807, 2.05) is 18.2 Å². The van der Waals surface area contributed by atoms with Gasteiger partial charge in [-0.25, -0.2) is 0 Å². The maximum Gasteiger partial charge on any atom is 0.0551 e. The van der Waals surface area contributed by atoms with Crippen molar-refractivity contribution in [1.82, 2.24) is 0 Å². The minimum absolute atomic E-state index is 0.0280. The van der Waals surface area contributed by atoms with Crippen molar-refractivity contribution in [1.29, 1.82) is 0 Å².